The zero-order valence-corrected chi connectivity index (χ0v) is 18.5. The minimum Gasteiger partial charge on any atom is -0.310 e. The molecule has 0 aliphatic heterocycles. The molecule has 4 aromatic carbocycles. The summed E-state index contributed by atoms with van der Waals surface area (Å²) < 4.78 is 27.9. The highest BCUT2D eigenvalue weighted by atomic mass is 19.1. The number of benzene rings is 4. The molecule has 1 N–H and O–H groups in total. The quantitative estimate of drug-likeness (QED) is 0.355. The van der Waals surface area contributed by atoms with Crippen molar-refractivity contribution in [2.45, 2.75) is 24.9 Å². The SMILES string of the molecule is O=C(Nc1ccc(F)cc1F)N(C1Cc2ccccc2C1)C(c1ccccc1)c1ccccc1. The maximum atomic E-state index is 14.4. The van der Waals surface area contributed by atoms with E-state index < -0.39 is 17.7 Å². The Morgan fingerprint density at radius 2 is 1.29 bits per heavy atom. The van der Waals surface area contributed by atoms with Gasteiger partial charge >= 0.3 is 6.03 Å². The number of halogens is 2. The van der Waals surface area contributed by atoms with Gasteiger partial charge in [-0.2, -0.15) is 0 Å². The van der Waals surface area contributed by atoms with E-state index >= 15 is 0 Å². The topological polar surface area (TPSA) is 32.3 Å². The summed E-state index contributed by atoms with van der Waals surface area (Å²) in [7, 11) is 0. The molecule has 0 unspecified atom stereocenters. The molecule has 0 saturated heterocycles. The Hall–Kier alpha value is -3.99. The van der Waals surface area contributed by atoms with Crippen LogP contribution in [-0.4, -0.2) is 17.0 Å². The second-order valence-electron chi connectivity index (χ2n) is 8.52. The Morgan fingerprint density at radius 1 is 0.765 bits per heavy atom. The van der Waals surface area contributed by atoms with E-state index in [0.717, 1.165) is 23.3 Å². The first-order chi connectivity index (χ1) is 16.6. The van der Waals surface area contributed by atoms with Crippen LogP contribution >= 0.6 is 0 Å². The summed E-state index contributed by atoms with van der Waals surface area (Å²) >= 11 is 0. The molecule has 170 valence electrons. The molecule has 0 saturated carbocycles. The summed E-state index contributed by atoms with van der Waals surface area (Å²) in [6.45, 7) is 0. The second kappa shape index (κ2) is 9.48. The molecule has 0 radical (unpaired) electrons. The number of fused-ring (bicyclic) bond motifs is 1. The van der Waals surface area contributed by atoms with E-state index in [9.17, 15) is 13.6 Å². The van der Waals surface area contributed by atoms with Crippen molar-refractivity contribution in [1.29, 1.82) is 0 Å². The number of nitrogens with one attached hydrogen (secondary N) is 1. The molecule has 1 aliphatic carbocycles. The van der Waals surface area contributed by atoms with Crippen molar-refractivity contribution in [2.75, 3.05) is 5.32 Å². The van der Waals surface area contributed by atoms with Crippen LogP contribution in [0.2, 0.25) is 0 Å². The van der Waals surface area contributed by atoms with Crippen molar-refractivity contribution in [3.05, 3.63) is 137 Å². The number of carbonyl (C=O) groups is 1. The van der Waals surface area contributed by atoms with Gasteiger partial charge in [-0.15, -0.1) is 0 Å². The van der Waals surface area contributed by atoms with E-state index in [1.54, 1.807) is 0 Å². The van der Waals surface area contributed by atoms with E-state index in [1.165, 1.54) is 17.2 Å². The predicted octanol–water partition coefficient (Wildman–Crippen LogP) is 6.76. The molecule has 0 aromatic heterocycles. The van der Waals surface area contributed by atoms with Crippen molar-refractivity contribution < 1.29 is 13.6 Å². The van der Waals surface area contributed by atoms with Gasteiger partial charge in [-0.05, 0) is 47.2 Å². The summed E-state index contributed by atoms with van der Waals surface area (Å²) in [4.78, 5) is 15.6. The molecular weight excluding hydrogens is 430 g/mol. The van der Waals surface area contributed by atoms with Gasteiger partial charge in [0, 0.05) is 12.1 Å². The molecule has 5 rings (SSSR count). The number of urea groups is 1. The standard InChI is InChI=1S/C29H24F2N2O/c30-24-15-16-27(26(31)19-24)32-29(34)33(25-17-22-13-7-8-14-23(22)18-25)28(20-9-3-1-4-10-20)21-11-5-2-6-12-21/h1-16,19,25,28H,17-18H2,(H,32,34). The predicted molar refractivity (Wildman–Crippen MR) is 130 cm³/mol. The van der Waals surface area contributed by atoms with Crippen molar-refractivity contribution in [1.82, 2.24) is 4.90 Å². The molecule has 34 heavy (non-hydrogen) atoms. The Bertz CT molecular complexity index is 1230. The molecule has 5 heteroatoms. The molecule has 1 aliphatic rings. The molecule has 0 bridgehead atoms. The van der Waals surface area contributed by atoms with Gasteiger partial charge in [-0.3, -0.25) is 0 Å². The fraction of sp³-hybridized carbons (Fsp3) is 0.138. The van der Waals surface area contributed by atoms with Crippen LogP contribution in [0.25, 0.3) is 0 Å². The van der Waals surface area contributed by atoms with Crippen LogP contribution in [0.4, 0.5) is 19.3 Å². The minimum atomic E-state index is -0.806. The average Bonchev–Trinajstić information content (AvgIpc) is 3.29. The summed E-state index contributed by atoms with van der Waals surface area (Å²) in [5.74, 6) is -1.50. The van der Waals surface area contributed by atoms with Gasteiger partial charge in [0.1, 0.15) is 11.6 Å². The van der Waals surface area contributed by atoms with Crippen molar-refractivity contribution in [2.24, 2.45) is 0 Å². The minimum absolute atomic E-state index is 0.0493. The van der Waals surface area contributed by atoms with Gasteiger partial charge in [0.05, 0.1) is 11.7 Å². The number of carbonyl (C=O) groups excluding carboxylic acids is 1. The first-order valence-electron chi connectivity index (χ1n) is 11.3. The molecule has 0 atom stereocenters. The molecule has 0 fully saturated rings. The first kappa shape index (κ1) is 21.8. The van der Waals surface area contributed by atoms with E-state index in [-0.39, 0.29) is 17.8 Å². The van der Waals surface area contributed by atoms with Crippen LogP contribution in [0.15, 0.2) is 103 Å². The van der Waals surface area contributed by atoms with Crippen LogP contribution in [0.1, 0.15) is 28.3 Å². The Labute approximate surface area is 197 Å². The third kappa shape index (κ3) is 4.42. The van der Waals surface area contributed by atoms with E-state index in [0.29, 0.717) is 12.8 Å². The van der Waals surface area contributed by atoms with Gasteiger partial charge in [-0.25, -0.2) is 13.6 Å². The van der Waals surface area contributed by atoms with Crippen LogP contribution in [-0.2, 0) is 12.8 Å². The average molecular weight is 455 g/mol. The lowest BCUT2D eigenvalue weighted by Crippen LogP contribution is -2.46. The smallest absolute Gasteiger partial charge is 0.310 e. The fourth-order valence-corrected chi connectivity index (χ4v) is 4.78. The Morgan fingerprint density at radius 3 is 1.82 bits per heavy atom. The summed E-state index contributed by atoms with van der Waals surface area (Å²) in [5, 5.41) is 2.71. The Balaban J connectivity index is 1.58. The van der Waals surface area contributed by atoms with Gasteiger partial charge < -0.3 is 10.2 Å². The zero-order valence-electron chi connectivity index (χ0n) is 18.5. The lowest BCUT2D eigenvalue weighted by Gasteiger charge is -2.37. The van der Waals surface area contributed by atoms with Gasteiger partial charge in [0.25, 0.3) is 0 Å². The molecule has 4 aromatic rings. The van der Waals surface area contributed by atoms with Crippen LogP contribution in [0, 0.1) is 11.6 Å². The lowest BCUT2D eigenvalue weighted by atomic mass is 9.95. The van der Waals surface area contributed by atoms with Crippen LogP contribution < -0.4 is 5.32 Å². The number of rotatable bonds is 5. The highest BCUT2D eigenvalue weighted by Crippen LogP contribution is 2.36. The number of amides is 2. The molecule has 2 amide bonds. The van der Waals surface area contributed by atoms with E-state index in [2.05, 4.69) is 17.4 Å². The Kier molecular flexibility index (Phi) is 6.09. The van der Waals surface area contributed by atoms with Gasteiger partial charge in [0.15, 0.2) is 0 Å². The lowest BCUT2D eigenvalue weighted by molar-refractivity contribution is 0.170. The molecule has 0 spiro atoms. The van der Waals surface area contributed by atoms with Crippen LogP contribution in [0.3, 0.4) is 0 Å². The first-order valence-corrected chi connectivity index (χ1v) is 11.3. The number of anilines is 1. The molecular formula is C29H24F2N2O. The largest absolute Gasteiger partial charge is 0.322 e. The fourth-order valence-electron chi connectivity index (χ4n) is 4.78. The number of hydrogen-bond acceptors (Lipinski definition) is 1. The molecule has 0 heterocycles. The summed E-state index contributed by atoms with van der Waals surface area (Å²) in [6, 6.07) is 30.1. The summed E-state index contributed by atoms with van der Waals surface area (Å²) in [6.07, 6.45) is 1.40. The third-order valence-electron chi connectivity index (χ3n) is 6.34. The highest BCUT2D eigenvalue weighted by Gasteiger charge is 2.36. The van der Waals surface area contributed by atoms with E-state index in [1.807, 2.05) is 77.7 Å². The second-order valence-corrected chi connectivity index (χ2v) is 8.52. The van der Waals surface area contributed by atoms with Crippen molar-refractivity contribution >= 4 is 11.7 Å². The van der Waals surface area contributed by atoms with Crippen molar-refractivity contribution in [3.8, 4) is 0 Å². The monoisotopic (exact) mass is 454 g/mol. The highest BCUT2D eigenvalue weighted by molar-refractivity contribution is 5.90. The third-order valence-corrected chi connectivity index (χ3v) is 6.34. The molecule has 3 nitrogen and oxygen atoms in total. The van der Waals surface area contributed by atoms with Crippen molar-refractivity contribution in [3.63, 3.8) is 0 Å². The van der Waals surface area contributed by atoms with Gasteiger partial charge in [0.2, 0.25) is 0 Å². The van der Waals surface area contributed by atoms with E-state index in [4.69, 9.17) is 0 Å². The maximum absolute atomic E-state index is 14.4. The summed E-state index contributed by atoms with van der Waals surface area (Å²) in [5.41, 5.74) is 4.28. The normalized spacial score (nSPS) is 13.0. The number of hydrogen-bond donors (Lipinski definition) is 1. The number of nitrogens with zero attached hydrogens (tertiary/aromatic N) is 1. The van der Waals surface area contributed by atoms with Crippen LogP contribution in [0.5, 0.6) is 0 Å². The van der Waals surface area contributed by atoms with Gasteiger partial charge in [-0.1, -0.05) is 84.9 Å². The zero-order chi connectivity index (χ0) is 23.5. The maximum Gasteiger partial charge on any atom is 0.322 e.